The van der Waals surface area contributed by atoms with E-state index < -0.39 is 144 Å². The molecule has 24 heteroatoms. The number of methoxy groups -OCH3 is 1. The number of halogens is 20. The second-order valence-corrected chi connectivity index (χ2v) is 12.5. The number of esters is 1. The summed E-state index contributed by atoms with van der Waals surface area (Å²) in [4.78, 5) is 11.3. The van der Waals surface area contributed by atoms with Gasteiger partial charge >= 0.3 is 5.97 Å². The van der Waals surface area contributed by atoms with E-state index in [1.807, 2.05) is 35.2 Å². The fourth-order valence-electron chi connectivity index (χ4n) is 6.49. The molecule has 0 aliphatic carbocycles. The van der Waals surface area contributed by atoms with Crippen LogP contribution in [-0.4, -0.2) is 19.2 Å². The molecule has 0 unspecified atom stereocenters. The normalized spacial score (nSPS) is 11.4. The van der Waals surface area contributed by atoms with Gasteiger partial charge < -0.3 is 4.74 Å². The Morgan fingerprint density at radius 2 is 0.645 bits per heavy atom. The average molecular weight is 907 g/mol. The Balaban J connectivity index is 0.000000355. The number of aromatic nitrogens is 1. The van der Waals surface area contributed by atoms with Gasteiger partial charge in [0.15, 0.2) is 88.7 Å². The van der Waals surface area contributed by atoms with Crippen molar-refractivity contribution >= 4 is 34.0 Å². The van der Waals surface area contributed by atoms with Gasteiger partial charge in [0.1, 0.15) is 52.7 Å². The van der Waals surface area contributed by atoms with E-state index >= 15 is 35.1 Å². The molecule has 0 saturated carbocycles. The zero-order chi connectivity index (χ0) is 46.4. The molecule has 5 aromatic carbocycles. The van der Waals surface area contributed by atoms with Crippen LogP contribution in [-0.2, 0) is 11.3 Å². The molecule has 0 atom stereocenters. The maximum Gasteiger partial charge on any atom is 0.338 e. The lowest BCUT2D eigenvalue weighted by Gasteiger charge is -2.44. The number of carbonyl (C=O) groups is 1. The van der Waals surface area contributed by atoms with Crippen molar-refractivity contribution in [1.82, 2.24) is 0 Å². The van der Waals surface area contributed by atoms with Crippen LogP contribution >= 0.6 is 0 Å². The second-order valence-electron chi connectivity index (χ2n) is 12.5. The van der Waals surface area contributed by atoms with Gasteiger partial charge in [0.05, 0.1) is 12.7 Å². The molecular weight excluding hydrogens is 893 g/mol. The molecule has 3 nitrogen and oxygen atoms in total. The molecule has 6 rings (SSSR count). The van der Waals surface area contributed by atoms with Crippen LogP contribution in [0.3, 0.4) is 0 Å². The van der Waals surface area contributed by atoms with Crippen LogP contribution in [0, 0.1) is 116 Å². The van der Waals surface area contributed by atoms with Gasteiger partial charge in [-0.05, 0) is 0 Å². The molecule has 0 N–H and O–H groups in total. The number of carbonyl (C=O) groups excluding carboxylic acids is 1. The zero-order valence-electron chi connectivity index (χ0n) is 29.8. The minimum absolute atomic E-state index is 0.308. The largest absolute Gasteiger partial charge is 0.465 e. The van der Waals surface area contributed by atoms with E-state index in [4.69, 9.17) is 0 Å². The lowest BCUT2D eigenvalue weighted by Crippen LogP contribution is -2.81. The minimum atomic E-state index is -7.22. The maximum absolute atomic E-state index is 15.4. The highest BCUT2D eigenvalue weighted by Crippen LogP contribution is 2.30. The fourth-order valence-corrected chi connectivity index (χ4v) is 6.49. The topological polar surface area (TPSA) is 30.2 Å². The second kappa shape index (κ2) is 17.4. The summed E-state index contributed by atoms with van der Waals surface area (Å²) in [5.41, 5.74) is -12.5. The smallest absolute Gasteiger partial charge is 0.338 e. The Morgan fingerprint density at radius 1 is 0.403 bits per heavy atom. The van der Waals surface area contributed by atoms with Crippen molar-refractivity contribution in [2.24, 2.45) is 0 Å². The summed E-state index contributed by atoms with van der Waals surface area (Å²) in [5.74, 6) is -71.7. The first-order valence-corrected chi connectivity index (χ1v) is 16.3. The van der Waals surface area contributed by atoms with Crippen LogP contribution in [0.1, 0.15) is 15.9 Å². The van der Waals surface area contributed by atoms with Crippen LogP contribution in [0.4, 0.5) is 87.8 Å². The molecule has 0 aliphatic rings. The number of rotatable bonds is 7. The molecule has 0 saturated heterocycles. The van der Waals surface area contributed by atoms with Crippen molar-refractivity contribution in [3.63, 3.8) is 0 Å². The molecule has 1 aromatic heterocycles. The molecule has 0 bridgehead atoms. The van der Waals surface area contributed by atoms with Crippen LogP contribution in [0.15, 0.2) is 54.9 Å². The van der Waals surface area contributed by atoms with Gasteiger partial charge in [0, 0.05) is 17.7 Å². The van der Waals surface area contributed by atoms with Gasteiger partial charge in [-0.25, -0.2) is 97.2 Å². The Bertz CT molecular complexity index is 2390. The fraction of sp³-hybridized carbons (Fsp3) is 0.0526. The van der Waals surface area contributed by atoms with E-state index in [9.17, 15) is 57.5 Å². The van der Waals surface area contributed by atoms with Crippen molar-refractivity contribution in [3.05, 3.63) is 182 Å². The molecular formula is C38H14BF20NO2. The molecule has 0 aliphatic heterocycles. The predicted molar refractivity (Wildman–Crippen MR) is 173 cm³/mol. The molecule has 62 heavy (non-hydrogen) atoms. The van der Waals surface area contributed by atoms with Gasteiger partial charge in [-0.1, -0.05) is 30.3 Å². The summed E-state index contributed by atoms with van der Waals surface area (Å²) in [7, 11) is 1.38. The standard InChI is InChI=1S/C24BF20.C14H14NO2/c26-5-1(6(27)14(35)21(42)13(5)34)25(2-7(28)15(36)22(43)16(37)8(2)29,3-9(30)17(38)23(44)18(39)10(3)31)4-11(32)19(40)24(45)20(41)12(4)33;1-17-14(16)13-7-9-15(10-8-13)11-12-5-3-2-4-6-12/h;2-10H,11H2,1H3/q-1;+1. The summed E-state index contributed by atoms with van der Waals surface area (Å²) in [5, 5.41) is 0. The Kier molecular flexibility index (Phi) is 13.0. The first-order chi connectivity index (χ1) is 29.0. The highest BCUT2D eigenvalue weighted by atomic mass is 19.2. The summed E-state index contributed by atoms with van der Waals surface area (Å²) < 4.78 is 301. The van der Waals surface area contributed by atoms with E-state index in [0.717, 1.165) is 6.54 Å². The number of pyridine rings is 1. The number of benzene rings is 5. The highest BCUT2D eigenvalue weighted by Gasteiger charge is 2.52. The number of hydrogen-bond donors (Lipinski definition) is 0. The Morgan fingerprint density at radius 3 is 0.887 bits per heavy atom. The quantitative estimate of drug-likeness (QED) is 0.0412. The van der Waals surface area contributed by atoms with E-state index in [2.05, 4.69) is 16.9 Å². The van der Waals surface area contributed by atoms with Crippen LogP contribution < -0.4 is 26.4 Å². The summed E-state index contributed by atoms with van der Waals surface area (Å²) in [6.45, 7) is 0.794. The SMILES string of the molecule is COC(=O)c1cc[n+](Cc2ccccc2)cc1.Fc1c(F)c(F)c([B-](c2c(F)c(F)c(F)c(F)c2F)(c2c(F)c(F)c(F)c(F)c2F)c2c(F)c(F)c(F)c(F)c2F)c(F)c1F. The van der Waals surface area contributed by atoms with Crippen molar-refractivity contribution in [3.8, 4) is 0 Å². The predicted octanol–water partition coefficient (Wildman–Crippen LogP) is 7.66. The maximum atomic E-state index is 15.4. The van der Waals surface area contributed by atoms with E-state index in [0.29, 0.717) is 5.56 Å². The summed E-state index contributed by atoms with van der Waals surface area (Å²) in [6.07, 6.45) is -3.47. The monoisotopic (exact) mass is 907 g/mol. The van der Waals surface area contributed by atoms with Gasteiger partial charge in [-0.15, -0.1) is 21.9 Å². The third-order valence-corrected chi connectivity index (χ3v) is 9.23. The van der Waals surface area contributed by atoms with Crippen molar-refractivity contribution < 1.29 is 102 Å². The first kappa shape index (κ1) is 46.5. The van der Waals surface area contributed by atoms with Crippen LogP contribution in [0.25, 0.3) is 0 Å². The third-order valence-electron chi connectivity index (χ3n) is 9.23. The van der Waals surface area contributed by atoms with Crippen molar-refractivity contribution in [2.75, 3.05) is 7.11 Å². The molecule has 0 radical (unpaired) electrons. The molecule has 326 valence electrons. The lowest BCUT2D eigenvalue weighted by atomic mass is 9.12. The molecule has 0 amide bonds. The highest BCUT2D eigenvalue weighted by molar-refractivity contribution is 7.20. The summed E-state index contributed by atoms with van der Waals surface area (Å²) in [6, 6.07) is 13.7. The Hall–Kier alpha value is -6.62. The minimum Gasteiger partial charge on any atom is -0.465 e. The van der Waals surface area contributed by atoms with Gasteiger partial charge in [-0.2, -0.15) is 0 Å². The number of ether oxygens (including phenoxy) is 1. The van der Waals surface area contributed by atoms with Crippen molar-refractivity contribution in [1.29, 1.82) is 0 Å². The average Bonchev–Trinajstić information content (AvgIpc) is 3.26. The first-order valence-electron chi connectivity index (χ1n) is 16.3. The molecule has 1 heterocycles. The van der Waals surface area contributed by atoms with E-state index in [1.54, 1.807) is 12.1 Å². The zero-order valence-corrected chi connectivity index (χ0v) is 29.8. The van der Waals surface area contributed by atoms with Gasteiger partial charge in [0.25, 0.3) is 0 Å². The van der Waals surface area contributed by atoms with Crippen LogP contribution in [0.2, 0.25) is 0 Å². The van der Waals surface area contributed by atoms with E-state index in [-0.39, 0.29) is 5.97 Å². The van der Waals surface area contributed by atoms with Crippen LogP contribution in [0.5, 0.6) is 0 Å². The van der Waals surface area contributed by atoms with Gasteiger partial charge in [-0.3, -0.25) is 0 Å². The molecule has 0 spiro atoms. The Labute approximate surface area is 331 Å². The third kappa shape index (κ3) is 7.33. The van der Waals surface area contributed by atoms with E-state index in [1.165, 1.54) is 12.7 Å². The lowest BCUT2D eigenvalue weighted by molar-refractivity contribution is -0.688. The number of nitrogens with zero attached hydrogens (tertiary/aromatic N) is 1. The van der Waals surface area contributed by atoms with Crippen molar-refractivity contribution in [2.45, 2.75) is 6.54 Å². The molecule has 6 aromatic rings. The van der Waals surface area contributed by atoms with Gasteiger partial charge in [0.2, 0.25) is 0 Å². The molecule has 0 fully saturated rings. The summed E-state index contributed by atoms with van der Waals surface area (Å²) >= 11 is 0. The number of hydrogen-bond acceptors (Lipinski definition) is 2.